The fraction of sp³-hybridized carbons (Fsp3) is 0. The summed E-state index contributed by atoms with van der Waals surface area (Å²) in [6, 6.07) is 0. The Hall–Kier alpha value is -1.64. The van der Waals surface area contributed by atoms with Crippen molar-refractivity contribution in [2.75, 3.05) is 11.2 Å². The molecule has 0 unspecified atom stereocenters. The van der Waals surface area contributed by atoms with Crippen LogP contribution in [0.5, 0.6) is 0 Å². The number of nitrogens with one attached hydrogen (secondary N) is 2. The van der Waals surface area contributed by atoms with Gasteiger partial charge in [0.1, 0.15) is 0 Å². The predicted molar refractivity (Wildman–Crippen MR) is 50.9 cm³/mol. The van der Waals surface area contributed by atoms with Crippen molar-refractivity contribution >= 4 is 29.1 Å². The SMILES string of the molecule is NNC(=O)c1nc(Cl)c(NN)nc1N. The monoisotopic (exact) mass is 217 g/mol. The van der Waals surface area contributed by atoms with E-state index in [0.29, 0.717) is 0 Å². The number of anilines is 2. The van der Waals surface area contributed by atoms with Gasteiger partial charge in [0.2, 0.25) is 0 Å². The molecule has 0 aromatic carbocycles. The molecular weight excluding hydrogens is 210 g/mol. The number of amides is 1. The highest BCUT2D eigenvalue weighted by Crippen LogP contribution is 2.18. The molecule has 0 spiro atoms. The van der Waals surface area contributed by atoms with E-state index in [1.54, 1.807) is 0 Å². The van der Waals surface area contributed by atoms with Gasteiger partial charge in [-0.3, -0.25) is 10.2 Å². The Kier molecular flexibility index (Phi) is 3.02. The van der Waals surface area contributed by atoms with Crippen LogP contribution in [0.25, 0.3) is 0 Å². The third-order valence-electron chi connectivity index (χ3n) is 1.36. The second kappa shape index (κ2) is 4.05. The number of carbonyl (C=O) groups is 1. The molecule has 0 saturated heterocycles. The van der Waals surface area contributed by atoms with Gasteiger partial charge in [0.25, 0.3) is 5.91 Å². The third-order valence-corrected chi connectivity index (χ3v) is 1.63. The molecule has 1 aromatic rings. The van der Waals surface area contributed by atoms with E-state index in [-0.39, 0.29) is 22.5 Å². The number of nitrogens with two attached hydrogens (primary N) is 3. The van der Waals surface area contributed by atoms with Gasteiger partial charge in [-0.05, 0) is 0 Å². The summed E-state index contributed by atoms with van der Waals surface area (Å²) in [5.74, 6) is 9.23. The number of hydrazine groups is 2. The van der Waals surface area contributed by atoms with Gasteiger partial charge in [-0.25, -0.2) is 21.7 Å². The number of nitrogens with zero attached hydrogens (tertiary/aromatic N) is 2. The van der Waals surface area contributed by atoms with Gasteiger partial charge in [-0.1, -0.05) is 11.6 Å². The van der Waals surface area contributed by atoms with E-state index in [9.17, 15) is 4.79 Å². The third kappa shape index (κ3) is 1.82. The number of hydrogen-bond donors (Lipinski definition) is 5. The molecule has 9 heteroatoms. The number of aromatic nitrogens is 2. The highest BCUT2D eigenvalue weighted by Gasteiger charge is 2.15. The zero-order valence-corrected chi connectivity index (χ0v) is 7.67. The molecule has 0 aliphatic carbocycles. The summed E-state index contributed by atoms with van der Waals surface area (Å²) in [4.78, 5) is 18.4. The van der Waals surface area contributed by atoms with Crippen molar-refractivity contribution in [1.82, 2.24) is 15.4 Å². The summed E-state index contributed by atoms with van der Waals surface area (Å²) in [5.41, 5.74) is 9.27. The maximum atomic E-state index is 11.1. The van der Waals surface area contributed by atoms with Crippen molar-refractivity contribution in [3.63, 3.8) is 0 Å². The molecule has 0 bridgehead atoms. The highest BCUT2D eigenvalue weighted by atomic mass is 35.5. The molecule has 1 rings (SSSR count). The van der Waals surface area contributed by atoms with Crippen molar-refractivity contribution in [2.45, 2.75) is 0 Å². The van der Waals surface area contributed by atoms with E-state index >= 15 is 0 Å². The second-order valence-electron chi connectivity index (χ2n) is 2.21. The molecule has 0 fully saturated rings. The van der Waals surface area contributed by atoms with Gasteiger partial charge in [0.05, 0.1) is 0 Å². The molecule has 1 aromatic heterocycles. The topological polar surface area (TPSA) is 145 Å². The summed E-state index contributed by atoms with van der Waals surface area (Å²) < 4.78 is 0. The number of carbonyl (C=O) groups excluding carboxylic acids is 1. The predicted octanol–water partition coefficient (Wildman–Crippen LogP) is -1.40. The van der Waals surface area contributed by atoms with Crippen molar-refractivity contribution in [2.24, 2.45) is 11.7 Å². The molecule has 0 aliphatic heterocycles. The summed E-state index contributed by atoms with van der Waals surface area (Å²) in [7, 11) is 0. The molecule has 0 atom stereocenters. The maximum absolute atomic E-state index is 11.1. The van der Waals surface area contributed by atoms with Gasteiger partial charge in [-0.2, -0.15) is 0 Å². The first-order valence-corrected chi connectivity index (χ1v) is 3.78. The summed E-state index contributed by atoms with van der Waals surface area (Å²) in [6.45, 7) is 0. The average Bonchev–Trinajstić information content (AvgIpc) is 2.19. The maximum Gasteiger partial charge on any atom is 0.287 e. The van der Waals surface area contributed by atoms with E-state index in [2.05, 4.69) is 15.4 Å². The molecule has 0 radical (unpaired) electrons. The standard InChI is InChI=1S/C5H8ClN7O/c6-2-4(12-8)11-3(7)1(10-2)5(14)13-9/h8-9H2,(H,13,14)(H3,7,11,12). The van der Waals surface area contributed by atoms with Gasteiger partial charge < -0.3 is 11.2 Å². The molecule has 1 amide bonds. The lowest BCUT2D eigenvalue weighted by Gasteiger charge is -2.06. The normalized spacial score (nSPS) is 9.64. The first-order valence-electron chi connectivity index (χ1n) is 3.40. The van der Waals surface area contributed by atoms with Crippen LogP contribution < -0.4 is 28.3 Å². The van der Waals surface area contributed by atoms with Crippen molar-refractivity contribution in [1.29, 1.82) is 0 Å². The molecule has 0 saturated carbocycles. The smallest absolute Gasteiger partial charge is 0.287 e. The molecule has 0 aliphatic rings. The molecule has 1 heterocycles. The molecule has 76 valence electrons. The number of rotatable bonds is 2. The van der Waals surface area contributed by atoms with Crippen LogP contribution in [-0.2, 0) is 0 Å². The zero-order chi connectivity index (χ0) is 10.7. The highest BCUT2D eigenvalue weighted by molar-refractivity contribution is 6.31. The first kappa shape index (κ1) is 10.4. The van der Waals surface area contributed by atoms with E-state index < -0.39 is 5.91 Å². The molecule has 14 heavy (non-hydrogen) atoms. The molecule has 8 N–H and O–H groups in total. The Morgan fingerprint density at radius 1 is 1.36 bits per heavy atom. The first-order chi connectivity index (χ1) is 6.60. The van der Waals surface area contributed by atoms with Gasteiger partial charge in [0.15, 0.2) is 22.5 Å². The van der Waals surface area contributed by atoms with Crippen LogP contribution in [-0.4, -0.2) is 15.9 Å². The van der Waals surface area contributed by atoms with Crippen LogP contribution in [0.4, 0.5) is 11.6 Å². The quantitative estimate of drug-likeness (QED) is 0.233. The van der Waals surface area contributed by atoms with E-state index in [1.807, 2.05) is 5.43 Å². The van der Waals surface area contributed by atoms with Gasteiger partial charge in [0, 0.05) is 0 Å². The zero-order valence-electron chi connectivity index (χ0n) is 6.91. The Bertz CT molecular complexity index is 367. The van der Waals surface area contributed by atoms with Crippen LogP contribution in [0.1, 0.15) is 10.5 Å². The lowest BCUT2D eigenvalue weighted by atomic mass is 10.4. The minimum absolute atomic E-state index is 0.0692. The minimum atomic E-state index is -0.680. The average molecular weight is 218 g/mol. The summed E-state index contributed by atoms with van der Waals surface area (Å²) >= 11 is 5.61. The largest absolute Gasteiger partial charge is 0.382 e. The molecule has 8 nitrogen and oxygen atoms in total. The fourth-order valence-electron chi connectivity index (χ4n) is 0.755. The lowest BCUT2D eigenvalue weighted by molar-refractivity contribution is 0.0949. The van der Waals surface area contributed by atoms with Crippen LogP contribution >= 0.6 is 11.6 Å². The number of nitrogen functional groups attached to an aromatic ring is 3. The van der Waals surface area contributed by atoms with Crippen LogP contribution in [0, 0.1) is 0 Å². The minimum Gasteiger partial charge on any atom is -0.382 e. The van der Waals surface area contributed by atoms with Crippen molar-refractivity contribution in [3.8, 4) is 0 Å². The number of hydrogen-bond acceptors (Lipinski definition) is 7. The second-order valence-corrected chi connectivity index (χ2v) is 2.57. The Labute approximate surface area is 83.8 Å². The van der Waals surface area contributed by atoms with E-state index in [1.165, 1.54) is 0 Å². The Balaban J connectivity index is 3.21. The summed E-state index contributed by atoms with van der Waals surface area (Å²) in [6.07, 6.45) is 0. The number of halogens is 1. The lowest BCUT2D eigenvalue weighted by Crippen LogP contribution is -2.32. The van der Waals surface area contributed by atoms with E-state index in [4.69, 9.17) is 29.0 Å². The van der Waals surface area contributed by atoms with Gasteiger partial charge in [-0.15, -0.1) is 0 Å². The molecular formula is C5H8ClN7O. The van der Waals surface area contributed by atoms with Crippen LogP contribution in [0.2, 0.25) is 5.15 Å². The fourth-order valence-corrected chi connectivity index (χ4v) is 0.937. The van der Waals surface area contributed by atoms with E-state index in [0.717, 1.165) is 0 Å². The van der Waals surface area contributed by atoms with Crippen LogP contribution in [0.15, 0.2) is 0 Å². The Morgan fingerprint density at radius 2 is 2.00 bits per heavy atom. The Morgan fingerprint density at radius 3 is 2.50 bits per heavy atom. The van der Waals surface area contributed by atoms with Crippen molar-refractivity contribution in [3.05, 3.63) is 10.8 Å². The van der Waals surface area contributed by atoms with Crippen molar-refractivity contribution < 1.29 is 4.79 Å². The van der Waals surface area contributed by atoms with Gasteiger partial charge >= 0.3 is 0 Å². The van der Waals surface area contributed by atoms with Crippen LogP contribution in [0.3, 0.4) is 0 Å². The summed E-state index contributed by atoms with van der Waals surface area (Å²) in [5, 5.41) is -0.0692.